The zero-order valence-electron chi connectivity index (χ0n) is 18.2. The van der Waals surface area contributed by atoms with Crippen LogP contribution in [-0.4, -0.2) is 14.3 Å². The minimum absolute atomic E-state index is 0.184. The minimum Gasteiger partial charge on any atom is -0.348 e. The maximum Gasteiger partial charge on any atom is 0.251 e. The van der Waals surface area contributed by atoms with Crippen molar-refractivity contribution in [1.82, 2.24) is 10.0 Å². The molecule has 0 aliphatic carbocycles. The summed E-state index contributed by atoms with van der Waals surface area (Å²) in [6.07, 6.45) is 0. The van der Waals surface area contributed by atoms with Crippen LogP contribution in [0.25, 0.3) is 11.1 Å². The summed E-state index contributed by atoms with van der Waals surface area (Å²) in [4.78, 5) is 12.8. The molecule has 0 saturated carbocycles. The highest BCUT2D eigenvalue weighted by molar-refractivity contribution is 7.89. The van der Waals surface area contributed by atoms with E-state index in [9.17, 15) is 13.2 Å². The third kappa shape index (κ3) is 6.11. The number of amides is 1. The lowest BCUT2D eigenvalue weighted by Gasteiger charge is -2.10. The average molecular weight is 491 g/mol. The van der Waals surface area contributed by atoms with Crippen molar-refractivity contribution in [3.63, 3.8) is 0 Å². The van der Waals surface area contributed by atoms with E-state index in [4.69, 9.17) is 11.6 Å². The van der Waals surface area contributed by atoms with Gasteiger partial charge in [-0.2, -0.15) is 0 Å². The van der Waals surface area contributed by atoms with Crippen molar-refractivity contribution in [3.05, 3.63) is 125 Å². The van der Waals surface area contributed by atoms with Gasteiger partial charge in [-0.1, -0.05) is 78.3 Å². The topological polar surface area (TPSA) is 75.3 Å². The fourth-order valence-corrected chi connectivity index (χ4v) is 4.55. The summed E-state index contributed by atoms with van der Waals surface area (Å²) in [5, 5.41) is 3.55. The fourth-order valence-electron chi connectivity index (χ4n) is 3.41. The third-order valence-corrected chi connectivity index (χ3v) is 6.97. The Hall–Kier alpha value is -3.45. The number of hydrogen-bond acceptors (Lipinski definition) is 3. The predicted molar refractivity (Wildman–Crippen MR) is 135 cm³/mol. The molecule has 0 aromatic heterocycles. The number of sulfonamides is 1. The van der Waals surface area contributed by atoms with E-state index in [0.717, 1.165) is 22.3 Å². The van der Waals surface area contributed by atoms with E-state index in [2.05, 4.69) is 10.0 Å². The van der Waals surface area contributed by atoms with Gasteiger partial charge in [0, 0.05) is 23.7 Å². The van der Waals surface area contributed by atoms with E-state index in [1.807, 2.05) is 48.5 Å². The van der Waals surface area contributed by atoms with E-state index in [1.54, 1.807) is 54.6 Å². The quantitative estimate of drug-likeness (QED) is 0.346. The third-order valence-electron chi connectivity index (χ3n) is 5.30. The molecular weight excluding hydrogens is 468 g/mol. The molecule has 4 aromatic rings. The van der Waals surface area contributed by atoms with Gasteiger partial charge in [0.25, 0.3) is 5.91 Å². The SMILES string of the molecule is O=C(NCc1ccc(Cl)cc1)c1cccc(-c2ccc(S(=O)(=O)NCc3ccccc3)cc2)c1. The van der Waals surface area contributed by atoms with Crippen LogP contribution in [0.2, 0.25) is 5.02 Å². The van der Waals surface area contributed by atoms with Crippen molar-refractivity contribution < 1.29 is 13.2 Å². The molecule has 0 unspecified atom stereocenters. The van der Waals surface area contributed by atoms with Crippen LogP contribution in [0.5, 0.6) is 0 Å². The Morgan fingerprint density at radius 3 is 2.09 bits per heavy atom. The maximum atomic E-state index is 12.6. The van der Waals surface area contributed by atoms with Crippen molar-refractivity contribution in [2.45, 2.75) is 18.0 Å². The van der Waals surface area contributed by atoms with Gasteiger partial charge >= 0.3 is 0 Å². The fraction of sp³-hybridized carbons (Fsp3) is 0.0741. The van der Waals surface area contributed by atoms with Crippen LogP contribution in [0.15, 0.2) is 108 Å². The first-order valence-electron chi connectivity index (χ1n) is 10.7. The molecule has 0 heterocycles. The number of nitrogens with one attached hydrogen (secondary N) is 2. The highest BCUT2D eigenvalue weighted by Crippen LogP contribution is 2.23. The average Bonchev–Trinajstić information content (AvgIpc) is 2.88. The molecular formula is C27H23ClN2O3S. The molecule has 172 valence electrons. The van der Waals surface area contributed by atoms with Crippen LogP contribution in [0.4, 0.5) is 0 Å². The summed E-state index contributed by atoms with van der Waals surface area (Å²) < 4.78 is 27.9. The monoisotopic (exact) mass is 490 g/mol. The number of carbonyl (C=O) groups is 1. The molecule has 34 heavy (non-hydrogen) atoms. The van der Waals surface area contributed by atoms with E-state index in [0.29, 0.717) is 17.1 Å². The van der Waals surface area contributed by atoms with Gasteiger partial charge in [0.15, 0.2) is 0 Å². The van der Waals surface area contributed by atoms with Crippen LogP contribution in [0.3, 0.4) is 0 Å². The van der Waals surface area contributed by atoms with Gasteiger partial charge in [-0.3, -0.25) is 4.79 Å². The molecule has 4 rings (SSSR count). The largest absolute Gasteiger partial charge is 0.348 e. The lowest BCUT2D eigenvalue weighted by molar-refractivity contribution is 0.0951. The van der Waals surface area contributed by atoms with Crippen molar-refractivity contribution >= 4 is 27.5 Å². The van der Waals surface area contributed by atoms with Crippen LogP contribution in [0, 0.1) is 0 Å². The molecule has 0 atom stereocenters. The summed E-state index contributed by atoms with van der Waals surface area (Å²) in [7, 11) is -3.64. The second kappa shape index (κ2) is 10.7. The first kappa shape index (κ1) is 23.7. The van der Waals surface area contributed by atoms with Crippen molar-refractivity contribution in [2.75, 3.05) is 0 Å². The van der Waals surface area contributed by atoms with Gasteiger partial charge in [-0.25, -0.2) is 13.1 Å². The number of halogens is 1. The molecule has 0 bridgehead atoms. The second-order valence-corrected chi connectivity index (χ2v) is 9.93. The van der Waals surface area contributed by atoms with E-state index >= 15 is 0 Å². The zero-order valence-corrected chi connectivity index (χ0v) is 19.8. The standard InChI is InChI=1S/C27H23ClN2O3S/c28-25-13-9-21(10-14-25)18-29-27(31)24-8-4-7-23(17-24)22-11-15-26(16-12-22)34(32,33)30-19-20-5-2-1-3-6-20/h1-17,30H,18-19H2,(H,29,31). The number of benzene rings is 4. The second-order valence-electron chi connectivity index (χ2n) is 7.72. The summed E-state index contributed by atoms with van der Waals surface area (Å²) >= 11 is 5.90. The lowest BCUT2D eigenvalue weighted by Crippen LogP contribution is -2.23. The van der Waals surface area contributed by atoms with Gasteiger partial charge in [0.1, 0.15) is 0 Å². The van der Waals surface area contributed by atoms with Crippen LogP contribution in [0.1, 0.15) is 21.5 Å². The van der Waals surface area contributed by atoms with Gasteiger partial charge in [-0.15, -0.1) is 0 Å². The highest BCUT2D eigenvalue weighted by atomic mass is 35.5. The Bertz CT molecular complexity index is 1370. The molecule has 0 aliphatic rings. The molecule has 4 aromatic carbocycles. The van der Waals surface area contributed by atoms with E-state index in [1.165, 1.54) is 0 Å². The Kier molecular flexibility index (Phi) is 7.43. The van der Waals surface area contributed by atoms with Crippen molar-refractivity contribution in [3.8, 4) is 11.1 Å². The summed E-state index contributed by atoms with van der Waals surface area (Å²) in [6.45, 7) is 0.612. The Balaban J connectivity index is 1.42. The molecule has 2 N–H and O–H groups in total. The molecule has 1 amide bonds. The van der Waals surface area contributed by atoms with E-state index < -0.39 is 10.0 Å². The van der Waals surface area contributed by atoms with Gasteiger partial charge in [-0.05, 0) is 58.7 Å². The molecule has 0 radical (unpaired) electrons. The molecule has 0 aliphatic heterocycles. The first-order chi connectivity index (χ1) is 16.4. The molecule has 5 nitrogen and oxygen atoms in total. The number of hydrogen-bond donors (Lipinski definition) is 2. The van der Waals surface area contributed by atoms with E-state index in [-0.39, 0.29) is 17.3 Å². The Morgan fingerprint density at radius 2 is 1.38 bits per heavy atom. The van der Waals surface area contributed by atoms with Gasteiger partial charge < -0.3 is 5.32 Å². The zero-order chi connectivity index (χ0) is 24.0. The maximum absolute atomic E-state index is 12.6. The van der Waals surface area contributed by atoms with Crippen LogP contribution < -0.4 is 10.0 Å². The Morgan fingerprint density at radius 1 is 0.706 bits per heavy atom. The van der Waals surface area contributed by atoms with Crippen molar-refractivity contribution in [2.24, 2.45) is 0 Å². The summed E-state index contributed by atoms with van der Waals surface area (Å²) in [5.41, 5.74) is 3.99. The smallest absolute Gasteiger partial charge is 0.251 e. The molecule has 7 heteroatoms. The van der Waals surface area contributed by atoms with Crippen LogP contribution in [-0.2, 0) is 23.1 Å². The van der Waals surface area contributed by atoms with Gasteiger partial charge in [0.05, 0.1) is 4.90 Å². The molecule has 0 fully saturated rings. The van der Waals surface area contributed by atoms with Gasteiger partial charge in [0.2, 0.25) is 10.0 Å². The van der Waals surface area contributed by atoms with Crippen molar-refractivity contribution in [1.29, 1.82) is 0 Å². The van der Waals surface area contributed by atoms with Crippen LogP contribution >= 0.6 is 11.6 Å². The normalized spacial score (nSPS) is 11.2. The summed E-state index contributed by atoms with van der Waals surface area (Å²) in [6, 6.07) is 30.5. The Labute approximate surface area is 204 Å². The first-order valence-corrected chi connectivity index (χ1v) is 12.5. The number of rotatable bonds is 8. The number of carbonyl (C=O) groups excluding carboxylic acids is 1. The predicted octanol–water partition coefficient (Wildman–Crippen LogP) is 5.42. The summed E-state index contributed by atoms with van der Waals surface area (Å²) in [5.74, 6) is -0.193. The molecule has 0 saturated heterocycles. The lowest BCUT2D eigenvalue weighted by atomic mass is 10.0. The molecule has 0 spiro atoms. The highest BCUT2D eigenvalue weighted by Gasteiger charge is 2.14. The minimum atomic E-state index is -3.64.